The molecular weight excluding hydrogens is 164 g/mol. The number of nitrogens with one attached hydrogen (secondary N) is 1. The van der Waals surface area contributed by atoms with Crippen LogP contribution in [-0.2, 0) is 0 Å². The fourth-order valence-corrected chi connectivity index (χ4v) is 1.58. The predicted molar refractivity (Wildman–Crippen MR) is 54.8 cm³/mol. The highest BCUT2D eigenvalue weighted by molar-refractivity contribution is 4.80. The summed E-state index contributed by atoms with van der Waals surface area (Å²) in [5.41, 5.74) is 0.0112. The average Bonchev–Trinajstić information content (AvgIpc) is 2.05. The van der Waals surface area contributed by atoms with Gasteiger partial charge < -0.3 is 15.3 Å². The van der Waals surface area contributed by atoms with Crippen molar-refractivity contribution in [3.63, 3.8) is 0 Å². The maximum atomic E-state index is 9.57. The Labute approximate surface area is 81.1 Å². The van der Waals surface area contributed by atoms with Gasteiger partial charge in [0, 0.05) is 38.1 Å². The molecule has 0 radical (unpaired) electrons. The Hall–Kier alpha value is -0.120. The van der Waals surface area contributed by atoms with E-state index >= 15 is 0 Å². The van der Waals surface area contributed by atoms with Crippen molar-refractivity contribution in [1.82, 2.24) is 10.2 Å². The summed E-state index contributed by atoms with van der Waals surface area (Å²) in [5.74, 6) is 0. The standard InChI is InChI=1S/C10H22N2O/c1-9(13)10(2,3)8-12-6-4-11-5-7-12/h9,11,13H,4-8H2,1-3H3. The molecule has 1 unspecified atom stereocenters. The lowest BCUT2D eigenvalue weighted by Crippen LogP contribution is -2.49. The molecule has 0 bridgehead atoms. The highest BCUT2D eigenvalue weighted by atomic mass is 16.3. The first-order valence-corrected chi connectivity index (χ1v) is 5.13. The Morgan fingerprint density at radius 3 is 2.38 bits per heavy atom. The van der Waals surface area contributed by atoms with Crippen LogP contribution in [0.2, 0.25) is 0 Å². The number of aliphatic hydroxyl groups excluding tert-OH is 1. The molecule has 0 aromatic carbocycles. The monoisotopic (exact) mass is 186 g/mol. The van der Waals surface area contributed by atoms with E-state index in [1.54, 1.807) is 0 Å². The molecule has 0 spiro atoms. The summed E-state index contributed by atoms with van der Waals surface area (Å²) >= 11 is 0. The van der Waals surface area contributed by atoms with Crippen molar-refractivity contribution >= 4 is 0 Å². The molecule has 3 nitrogen and oxygen atoms in total. The van der Waals surface area contributed by atoms with Crippen LogP contribution in [0.4, 0.5) is 0 Å². The molecule has 2 N–H and O–H groups in total. The average molecular weight is 186 g/mol. The van der Waals surface area contributed by atoms with Gasteiger partial charge in [0.15, 0.2) is 0 Å². The lowest BCUT2D eigenvalue weighted by Gasteiger charge is -2.36. The maximum absolute atomic E-state index is 9.57. The van der Waals surface area contributed by atoms with Crippen LogP contribution in [0.1, 0.15) is 20.8 Å². The summed E-state index contributed by atoms with van der Waals surface area (Å²) in [6, 6.07) is 0. The third-order valence-corrected chi connectivity index (χ3v) is 2.97. The normalized spacial score (nSPS) is 23.1. The lowest BCUT2D eigenvalue weighted by molar-refractivity contribution is 0.0314. The molecule has 0 aromatic heterocycles. The van der Waals surface area contributed by atoms with Gasteiger partial charge in [0.2, 0.25) is 0 Å². The first kappa shape index (κ1) is 11.0. The Bertz CT molecular complexity index is 151. The summed E-state index contributed by atoms with van der Waals surface area (Å²) in [6.45, 7) is 11.5. The van der Waals surface area contributed by atoms with E-state index in [0.717, 1.165) is 32.7 Å². The van der Waals surface area contributed by atoms with Crippen LogP contribution in [0.3, 0.4) is 0 Å². The smallest absolute Gasteiger partial charge is 0.0575 e. The second-order valence-corrected chi connectivity index (χ2v) is 4.69. The Kier molecular flexibility index (Phi) is 3.71. The molecule has 0 aromatic rings. The third-order valence-electron chi connectivity index (χ3n) is 2.97. The Morgan fingerprint density at radius 1 is 1.38 bits per heavy atom. The van der Waals surface area contributed by atoms with Crippen LogP contribution >= 0.6 is 0 Å². The Morgan fingerprint density at radius 2 is 1.92 bits per heavy atom. The van der Waals surface area contributed by atoms with E-state index < -0.39 is 0 Å². The zero-order valence-corrected chi connectivity index (χ0v) is 9.01. The third kappa shape index (κ3) is 3.25. The second kappa shape index (κ2) is 4.40. The van der Waals surface area contributed by atoms with Crippen molar-refractivity contribution in [3.8, 4) is 0 Å². The van der Waals surface area contributed by atoms with Gasteiger partial charge in [-0.2, -0.15) is 0 Å². The highest BCUT2D eigenvalue weighted by Crippen LogP contribution is 2.21. The van der Waals surface area contributed by atoms with Crippen molar-refractivity contribution in [2.75, 3.05) is 32.7 Å². The fourth-order valence-electron chi connectivity index (χ4n) is 1.58. The quantitative estimate of drug-likeness (QED) is 0.665. The molecule has 1 atom stereocenters. The minimum atomic E-state index is -0.234. The van der Waals surface area contributed by atoms with Crippen molar-refractivity contribution < 1.29 is 5.11 Å². The molecule has 0 aliphatic carbocycles. The number of aliphatic hydroxyl groups is 1. The molecule has 1 fully saturated rings. The van der Waals surface area contributed by atoms with E-state index in [2.05, 4.69) is 24.1 Å². The largest absolute Gasteiger partial charge is 0.393 e. The number of piperazine rings is 1. The van der Waals surface area contributed by atoms with Crippen molar-refractivity contribution in [1.29, 1.82) is 0 Å². The molecule has 3 heteroatoms. The van der Waals surface area contributed by atoms with Gasteiger partial charge in [-0.25, -0.2) is 0 Å². The van der Waals surface area contributed by atoms with Crippen molar-refractivity contribution in [2.45, 2.75) is 26.9 Å². The van der Waals surface area contributed by atoms with Crippen molar-refractivity contribution in [3.05, 3.63) is 0 Å². The molecule has 1 aliphatic heterocycles. The molecule has 78 valence electrons. The Balaban J connectivity index is 2.37. The van der Waals surface area contributed by atoms with Crippen LogP contribution in [0.5, 0.6) is 0 Å². The first-order valence-electron chi connectivity index (χ1n) is 5.13. The minimum Gasteiger partial charge on any atom is -0.393 e. The summed E-state index contributed by atoms with van der Waals surface area (Å²) in [5, 5.41) is 12.9. The molecule has 1 rings (SSSR count). The molecule has 13 heavy (non-hydrogen) atoms. The predicted octanol–water partition coefficient (Wildman–Crippen LogP) is 0.299. The van der Waals surface area contributed by atoms with E-state index in [4.69, 9.17) is 0 Å². The zero-order chi connectivity index (χ0) is 9.90. The summed E-state index contributed by atoms with van der Waals surface area (Å²) < 4.78 is 0. The van der Waals surface area contributed by atoms with E-state index in [1.165, 1.54) is 0 Å². The number of nitrogens with zero attached hydrogens (tertiary/aromatic N) is 1. The van der Waals surface area contributed by atoms with Gasteiger partial charge in [0.25, 0.3) is 0 Å². The summed E-state index contributed by atoms with van der Waals surface area (Å²) in [7, 11) is 0. The molecule has 0 saturated carbocycles. The SMILES string of the molecule is CC(O)C(C)(C)CN1CCNCC1. The maximum Gasteiger partial charge on any atom is 0.0575 e. The van der Waals surface area contributed by atoms with Crippen LogP contribution in [0.15, 0.2) is 0 Å². The molecular formula is C10H22N2O. The fraction of sp³-hybridized carbons (Fsp3) is 1.00. The minimum absolute atomic E-state index is 0.0112. The van der Waals surface area contributed by atoms with Crippen LogP contribution < -0.4 is 5.32 Å². The van der Waals surface area contributed by atoms with E-state index in [9.17, 15) is 5.11 Å². The summed E-state index contributed by atoms with van der Waals surface area (Å²) in [4.78, 5) is 2.42. The molecule has 1 aliphatic rings. The van der Waals surface area contributed by atoms with E-state index in [0.29, 0.717) is 0 Å². The second-order valence-electron chi connectivity index (χ2n) is 4.69. The highest BCUT2D eigenvalue weighted by Gasteiger charge is 2.27. The van der Waals surface area contributed by atoms with Gasteiger partial charge in [0.1, 0.15) is 0 Å². The summed E-state index contributed by atoms with van der Waals surface area (Å²) in [6.07, 6.45) is -0.234. The van der Waals surface area contributed by atoms with Gasteiger partial charge >= 0.3 is 0 Å². The van der Waals surface area contributed by atoms with Crippen molar-refractivity contribution in [2.24, 2.45) is 5.41 Å². The van der Waals surface area contributed by atoms with Crippen LogP contribution in [0, 0.1) is 5.41 Å². The topological polar surface area (TPSA) is 35.5 Å². The van der Waals surface area contributed by atoms with Gasteiger partial charge in [-0.3, -0.25) is 0 Å². The van der Waals surface area contributed by atoms with Gasteiger partial charge in [-0.15, -0.1) is 0 Å². The van der Waals surface area contributed by atoms with Gasteiger partial charge in [0.05, 0.1) is 6.10 Å². The number of hydrogen-bond acceptors (Lipinski definition) is 3. The molecule has 0 amide bonds. The number of hydrogen-bond donors (Lipinski definition) is 2. The zero-order valence-electron chi connectivity index (χ0n) is 9.01. The van der Waals surface area contributed by atoms with E-state index in [-0.39, 0.29) is 11.5 Å². The lowest BCUT2D eigenvalue weighted by atomic mass is 9.87. The number of rotatable bonds is 3. The van der Waals surface area contributed by atoms with Crippen LogP contribution in [-0.4, -0.2) is 48.8 Å². The van der Waals surface area contributed by atoms with E-state index in [1.807, 2.05) is 6.92 Å². The first-order chi connectivity index (χ1) is 6.02. The molecule has 1 saturated heterocycles. The van der Waals surface area contributed by atoms with Gasteiger partial charge in [-0.05, 0) is 6.92 Å². The van der Waals surface area contributed by atoms with Crippen LogP contribution in [0.25, 0.3) is 0 Å². The molecule has 1 heterocycles. The van der Waals surface area contributed by atoms with Gasteiger partial charge in [-0.1, -0.05) is 13.8 Å².